The van der Waals surface area contributed by atoms with Crippen molar-refractivity contribution < 1.29 is 23.5 Å². The van der Waals surface area contributed by atoms with Gasteiger partial charge in [0.1, 0.15) is 11.4 Å². The van der Waals surface area contributed by atoms with Gasteiger partial charge in [0, 0.05) is 5.39 Å². The lowest BCUT2D eigenvalue weighted by atomic mass is 9.95. The van der Waals surface area contributed by atoms with Crippen molar-refractivity contribution in [1.29, 1.82) is 0 Å². The van der Waals surface area contributed by atoms with E-state index in [1.165, 1.54) is 23.1 Å². The number of aliphatic hydroxyl groups excluding tert-OH is 1. The van der Waals surface area contributed by atoms with Gasteiger partial charge in [-0.25, -0.2) is 9.37 Å². The predicted octanol–water partition coefficient (Wildman–Crippen LogP) is 5.23. The number of ketones is 1. The Morgan fingerprint density at radius 3 is 2.59 bits per heavy atom. The van der Waals surface area contributed by atoms with Crippen LogP contribution in [-0.4, -0.2) is 26.8 Å². The molecule has 6 rings (SSSR count). The standard InChI is InChI=1S/C26H16FN3O4/c27-16-10-11-17-18(13-16)29-26(28-17)30-22(14-6-2-1-3-7-14)21(24(32)25(30)33)23(31)20-12-15-8-4-5-9-19(15)34-20/h1-13,22,32H,(H,28,29). The summed E-state index contributed by atoms with van der Waals surface area (Å²) in [6, 6.07) is 20.6. The summed E-state index contributed by atoms with van der Waals surface area (Å²) in [6.07, 6.45) is 0. The normalized spacial score (nSPS) is 16.2. The van der Waals surface area contributed by atoms with Crippen LogP contribution in [0, 0.1) is 5.82 Å². The van der Waals surface area contributed by atoms with Crippen LogP contribution in [0.4, 0.5) is 10.3 Å². The Hall–Kier alpha value is -4.72. The molecule has 8 heteroatoms. The van der Waals surface area contributed by atoms with E-state index in [1.54, 1.807) is 54.6 Å². The van der Waals surface area contributed by atoms with Crippen LogP contribution in [0.3, 0.4) is 0 Å². The van der Waals surface area contributed by atoms with Crippen LogP contribution in [0.2, 0.25) is 0 Å². The molecule has 0 saturated heterocycles. The first kappa shape index (κ1) is 19.9. The molecule has 3 heterocycles. The van der Waals surface area contributed by atoms with Gasteiger partial charge in [-0.2, -0.15) is 0 Å². The quantitative estimate of drug-likeness (QED) is 0.363. The Morgan fingerprint density at radius 1 is 1.03 bits per heavy atom. The summed E-state index contributed by atoms with van der Waals surface area (Å²) in [7, 11) is 0. The Balaban J connectivity index is 1.51. The summed E-state index contributed by atoms with van der Waals surface area (Å²) in [5, 5.41) is 11.6. The van der Waals surface area contributed by atoms with E-state index < -0.39 is 29.3 Å². The van der Waals surface area contributed by atoms with Crippen molar-refractivity contribution in [3.8, 4) is 0 Å². The van der Waals surface area contributed by atoms with Gasteiger partial charge in [-0.05, 0) is 35.9 Å². The number of carbonyl (C=O) groups is 2. The van der Waals surface area contributed by atoms with Crippen molar-refractivity contribution in [2.75, 3.05) is 4.90 Å². The highest BCUT2D eigenvalue weighted by molar-refractivity contribution is 6.20. The lowest BCUT2D eigenvalue weighted by Gasteiger charge is -2.24. The molecule has 0 spiro atoms. The first-order valence-electron chi connectivity index (χ1n) is 10.5. The second-order valence-electron chi connectivity index (χ2n) is 7.95. The lowest BCUT2D eigenvalue weighted by molar-refractivity contribution is -0.117. The summed E-state index contributed by atoms with van der Waals surface area (Å²) in [4.78, 5) is 35.4. The van der Waals surface area contributed by atoms with Crippen molar-refractivity contribution in [3.63, 3.8) is 0 Å². The molecule has 0 radical (unpaired) electrons. The maximum absolute atomic E-state index is 13.7. The molecule has 166 valence electrons. The third-order valence-electron chi connectivity index (χ3n) is 5.88. The summed E-state index contributed by atoms with van der Waals surface area (Å²) in [5.74, 6) is -2.47. The third-order valence-corrected chi connectivity index (χ3v) is 5.88. The minimum absolute atomic E-state index is 0.00464. The number of halogens is 1. The lowest BCUT2D eigenvalue weighted by Crippen LogP contribution is -2.31. The number of nitrogens with zero attached hydrogens (tertiary/aromatic N) is 2. The molecular weight excluding hydrogens is 437 g/mol. The number of anilines is 1. The van der Waals surface area contributed by atoms with Gasteiger partial charge in [-0.3, -0.25) is 14.5 Å². The number of hydrogen-bond acceptors (Lipinski definition) is 5. The van der Waals surface area contributed by atoms with Crippen LogP contribution in [-0.2, 0) is 4.79 Å². The van der Waals surface area contributed by atoms with Gasteiger partial charge in [0.05, 0.1) is 22.6 Å². The molecule has 0 fully saturated rings. The summed E-state index contributed by atoms with van der Waals surface area (Å²) < 4.78 is 19.4. The number of Topliss-reactive ketones (excluding diaryl/α,β-unsaturated/α-hetero) is 1. The number of imidazole rings is 1. The van der Waals surface area contributed by atoms with Crippen molar-refractivity contribution in [2.45, 2.75) is 6.04 Å². The zero-order valence-corrected chi connectivity index (χ0v) is 17.5. The van der Waals surface area contributed by atoms with Crippen molar-refractivity contribution in [3.05, 3.63) is 107 Å². The minimum atomic E-state index is -0.972. The van der Waals surface area contributed by atoms with E-state index in [4.69, 9.17) is 4.42 Å². The number of amides is 1. The smallest absolute Gasteiger partial charge is 0.296 e. The summed E-state index contributed by atoms with van der Waals surface area (Å²) in [6.45, 7) is 0. The molecular formula is C26H16FN3O4. The van der Waals surface area contributed by atoms with E-state index in [9.17, 15) is 19.1 Å². The highest BCUT2D eigenvalue weighted by Crippen LogP contribution is 2.41. The fourth-order valence-electron chi connectivity index (χ4n) is 4.32. The molecule has 1 atom stereocenters. The molecule has 34 heavy (non-hydrogen) atoms. The molecule has 1 aliphatic heterocycles. The van der Waals surface area contributed by atoms with E-state index in [-0.39, 0.29) is 17.3 Å². The molecule has 1 aliphatic rings. The van der Waals surface area contributed by atoms with Gasteiger partial charge < -0.3 is 14.5 Å². The molecule has 2 aromatic heterocycles. The Labute approximate surface area is 191 Å². The minimum Gasteiger partial charge on any atom is -0.503 e. The Kier molecular flexibility index (Phi) is 4.35. The van der Waals surface area contributed by atoms with E-state index in [0.29, 0.717) is 22.2 Å². The van der Waals surface area contributed by atoms with E-state index in [2.05, 4.69) is 9.97 Å². The van der Waals surface area contributed by atoms with Crippen LogP contribution in [0.5, 0.6) is 0 Å². The van der Waals surface area contributed by atoms with Crippen LogP contribution in [0.25, 0.3) is 22.0 Å². The largest absolute Gasteiger partial charge is 0.503 e. The molecule has 0 saturated carbocycles. The molecule has 7 nitrogen and oxygen atoms in total. The average molecular weight is 453 g/mol. The fourth-order valence-corrected chi connectivity index (χ4v) is 4.32. The number of nitrogens with one attached hydrogen (secondary N) is 1. The van der Waals surface area contributed by atoms with Gasteiger partial charge in [-0.1, -0.05) is 48.5 Å². The van der Waals surface area contributed by atoms with Gasteiger partial charge >= 0.3 is 0 Å². The van der Waals surface area contributed by atoms with Gasteiger partial charge in [0.2, 0.25) is 11.7 Å². The van der Waals surface area contributed by atoms with Crippen LogP contribution in [0.1, 0.15) is 22.2 Å². The van der Waals surface area contributed by atoms with Crippen molar-refractivity contribution in [1.82, 2.24) is 9.97 Å². The number of hydrogen-bond donors (Lipinski definition) is 2. The number of furan rings is 1. The Bertz CT molecular complexity index is 1600. The first-order valence-corrected chi connectivity index (χ1v) is 10.5. The zero-order valence-electron chi connectivity index (χ0n) is 17.5. The summed E-state index contributed by atoms with van der Waals surface area (Å²) >= 11 is 0. The number of carbonyl (C=O) groups excluding carboxylic acids is 2. The van der Waals surface area contributed by atoms with E-state index >= 15 is 0 Å². The number of aromatic nitrogens is 2. The number of rotatable bonds is 4. The number of aliphatic hydroxyl groups is 1. The highest BCUT2D eigenvalue weighted by Gasteiger charge is 2.46. The molecule has 0 aliphatic carbocycles. The summed E-state index contributed by atoms with van der Waals surface area (Å²) in [5.41, 5.74) is 1.80. The van der Waals surface area contributed by atoms with Gasteiger partial charge in [0.15, 0.2) is 11.5 Å². The van der Waals surface area contributed by atoms with Crippen molar-refractivity contribution in [2.24, 2.45) is 0 Å². The number of benzene rings is 3. The predicted molar refractivity (Wildman–Crippen MR) is 123 cm³/mol. The highest BCUT2D eigenvalue weighted by atomic mass is 19.1. The molecule has 5 aromatic rings. The van der Waals surface area contributed by atoms with Crippen molar-refractivity contribution >= 4 is 39.6 Å². The van der Waals surface area contributed by atoms with E-state index in [1.807, 2.05) is 6.07 Å². The third kappa shape index (κ3) is 3.00. The van der Waals surface area contributed by atoms with Gasteiger partial charge in [-0.15, -0.1) is 0 Å². The fraction of sp³-hybridized carbons (Fsp3) is 0.0385. The second-order valence-corrected chi connectivity index (χ2v) is 7.95. The first-order chi connectivity index (χ1) is 16.5. The van der Waals surface area contributed by atoms with Crippen LogP contribution < -0.4 is 4.90 Å². The number of H-pyrrole nitrogens is 1. The number of para-hydroxylation sites is 1. The maximum Gasteiger partial charge on any atom is 0.296 e. The molecule has 1 amide bonds. The number of fused-ring (bicyclic) bond motifs is 2. The molecule has 0 bridgehead atoms. The topological polar surface area (TPSA) is 99.4 Å². The average Bonchev–Trinajstić information content (AvgIpc) is 3.53. The second kappa shape index (κ2) is 7.41. The SMILES string of the molecule is O=C(C1=C(O)C(=O)N(c2nc3ccc(F)cc3[nH]2)C1c1ccccc1)c1cc2ccccc2o1. The number of aromatic amines is 1. The molecule has 2 N–H and O–H groups in total. The monoisotopic (exact) mass is 453 g/mol. The Morgan fingerprint density at radius 2 is 1.79 bits per heavy atom. The molecule has 1 unspecified atom stereocenters. The van der Waals surface area contributed by atoms with Gasteiger partial charge in [0.25, 0.3) is 5.91 Å². The molecule has 3 aromatic carbocycles. The zero-order chi connectivity index (χ0) is 23.4. The van der Waals surface area contributed by atoms with Crippen LogP contribution >= 0.6 is 0 Å². The van der Waals surface area contributed by atoms with Crippen LogP contribution in [0.15, 0.2) is 94.6 Å². The maximum atomic E-state index is 13.7. The van der Waals surface area contributed by atoms with E-state index in [0.717, 1.165) is 5.39 Å².